The molecule has 1 rings (SSSR count). The second-order valence-corrected chi connectivity index (χ2v) is 5.55. The molecule has 0 aliphatic rings. The van der Waals surface area contributed by atoms with Gasteiger partial charge >= 0.3 is 6.01 Å². The van der Waals surface area contributed by atoms with Crippen LogP contribution in [0.4, 0.5) is 11.9 Å². The number of ether oxygens (including phenoxy) is 1. The zero-order chi connectivity index (χ0) is 15.0. The largest absolute Gasteiger partial charge is 0.467 e. The Kier molecular flexibility index (Phi) is 6.80. The summed E-state index contributed by atoms with van der Waals surface area (Å²) < 4.78 is 5.05. The standard InChI is InChI=1S/C12H23N5O2S/c1-5-6-13-9-15-10(17-11(16-9)19-3)14-7-12(2,18)8-20-4/h18H,5-8H2,1-4H3,(H2,13,14,15,16,17). The number of thioether (sulfide) groups is 1. The lowest BCUT2D eigenvalue weighted by molar-refractivity contribution is 0.0995. The fourth-order valence-corrected chi connectivity index (χ4v) is 2.20. The Morgan fingerprint density at radius 1 is 1.25 bits per heavy atom. The molecule has 114 valence electrons. The Morgan fingerprint density at radius 2 is 1.90 bits per heavy atom. The number of anilines is 2. The number of rotatable bonds is 9. The summed E-state index contributed by atoms with van der Waals surface area (Å²) in [6.45, 7) is 4.96. The van der Waals surface area contributed by atoms with Gasteiger partial charge in [-0.05, 0) is 19.6 Å². The van der Waals surface area contributed by atoms with Gasteiger partial charge in [-0.3, -0.25) is 0 Å². The molecule has 0 aliphatic carbocycles. The molecule has 0 radical (unpaired) electrons. The molecule has 0 aliphatic heterocycles. The summed E-state index contributed by atoms with van der Waals surface area (Å²) in [5.41, 5.74) is -0.823. The molecule has 20 heavy (non-hydrogen) atoms. The minimum absolute atomic E-state index is 0.241. The van der Waals surface area contributed by atoms with E-state index in [0.29, 0.717) is 24.2 Å². The van der Waals surface area contributed by atoms with Crippen molar-refractivity contribution in [2.45, 2.75) is 25.9 Å². The highest BCUT2D eigenvalue weighted by Crippen LogP contribution is 2.14. The monoisotopic (exact) mass is 301 g/mol. The second-order valence-electron chi connectivity index (χ2n) is 4.68. The van der Waals surface area contributed by atoms with E-state index in [1.54, 1.807) is 18.7 Å². The smallest absolute Gasteiger partial charge is 0.322 e. The molecule has 0 amide bonds. The van der Waals surface area contributed by atoms with Crippen molar-refractivity contribution in [1.82, 2.24) is 15.0 Å². The Bertz CT molecular complexity index is 417. The predicted molar refractivity (Wildman–Crippen MR) is 82.7 cm³/mol. The quantitative estimate of drug-likeness (QED) is 0.627. The Labute approximate surface area is 124 Å². The molecule has 0 bridgehead atoms. The fraction of sp³-hybridized carbons (Fsp3) is 0.750. The van der Waals surface area contributed by atoms with Crippen molar-refractivity contribution in [2.24, 2.45) is 0 Å². The third-order valence-corrected chi connectivity index (χ3v) is 3.32. The maximum Gasteiger partial charge on any atom is 0.322 e. The first kappa shape index (κ1) is 16.8. The molecule has 1 aromatic rings. The van der Waals surface area contributed by atoms with Crippen LogP contribution in [0.2, 0.25) is 0 Å². The number of hydrogen-bond acceptors (Lipinski definition) is 8. The minimum atomic E-state index is -0.823. The molecule has 0 saturated heterocycles. The maximum absolute atomic E-state index is 10.1. The number of methoxy groups -OCH3 is 1. The van der Waals surface area contributed by atoms with Gasteiger partial charge in [-0.2, -0.15) is 26.7 Å². The molecule has 1 atom stereocenters. The zero-order valence-corrected chi connectivity index (χ0v) is 13.3. The third kappa shape index (κ3) is 5.79. The SMILES string of the molecule is CCCNc1nc(NCC(C)(O)CSC)nc(OC)n1. The topological polar surface area (TPSA) is 92.2 Å². The van der Waals surface area contributed by atoms with Crippen LogP contribution in [0.3, 0.4) is 0 Å². The molecule has 0 fully saturated rings. The van der Waals surface area contributed by atoms with Crippen molar-refractivity contribution in [1.29, 1.82) is 0 Å². The molecular weight excluding hydrogens is 278 g/mol. The summed E-state index contributed by atoms with van der Waals surface area (Å²) in [4.78, 5) is 12.5. The number of aromatic nitrogens is 3. The highest BCUT2D eigenvalue weighted by Gasteiger charge is 2.20. The van der Waals surface area contributed by atoms with Crippen LogP contribution in [0.1, 0.15) is 20.3 Å². The fourth-order valence-electron chi connectivity index (χ4n) is 1.47. The lowest BCUT2D eigenvalue weighted by Gasteiger charge is -2.22. The van der Waals surface area contributed by atoms with Crippen LogP contribution in [0.15, 0.2) is 0 Å². The molecule has 0 aromatic carbocycles. The first-order valence-electron chi connectivity index (χ1n) is 6.50. The average molecular weight is 301 g/mol. The van der Waals surface area contributed by atoms with Gasteiger partial charge in [-0.25, -0.2) is 0 Å². The van der Waals surface area contributed by atoms with E-state index in [9.17, 15) is 5.11 Å². The van der Waals surface area contributed by atoms with Gasteiger partial charge in [0.15, 0.2) is 0 Å². The summed E-state index contributed by atoms with van der Waals surface area (Å²) in [7, 11) is 1.51. The van der Waals surface area contributed by atoms with Crippen molar-refractivity contribution in [3.8, 4) is 6.01 Å². The van der Waals surface area contributed by atoms with Gasteiger partial charge in [-0.15, -0.1) is 0 Å². The van der Waals surface area contributed by atoms with E-state index in [-0.39, 0.29) is 6.01 Å². The van der Waals surface area contributed by atoms with Gasteiger partial charge < -0.3 is 20.5 Å². The second kappa shape index (κ2) is 8.11. The van der Waals surface area contributed by atoms with E-state index in [1.165, 1.54) is 7.11 Å². The van der Waals surface area contributed by atoms with Gasteiger partial charge in [0.05, 0.1) is 12.7 Å². The highest BCUT2D eigenvalue weighted by atomic mass is 32.2. The molecule has 1 unspecified atom stereocenters. The Balaban J connectivity index is 2.73. The molecule has 7 nitrogen and oxygen atoms in total. The number of nitrogens with zero attached hydrogens (tertiary/aromatic N) is 3. The molecule has 0 spiro atoms. The van der Waals surface area contributed by atoms with Crippen molar-refractivity contribution in [2.75, 3.05) is 42.8 Å². The minimum Gasteiger partial charge on any atom is -0.467 e. The van der Waals surface area contributed by atoms with Gasteiger partial charge in [0, 0.05) is 18.8 Å². The summed E-state index contributed by atoms with van der Waals surface area (Å²) in [6.07, 6.45) is 2.92. The van der Waals surface area contributed by atoms with Gasteiger partial charge in [0.25, 0.3) is 0 Å². The van der Waals surface area contributed by atoms with Crippen LogP contribution >= 0.6 is 11.8 Å². The molecule has 1 aromatic heterocycles. The zero-order valence-electron chi connectivity index (χ0n) is 12.4. The van der Waals surface area contributed by atoms with E-state index in [2.05, 4.69) is 32.5 Å². The lowest BCUT2D eigenvalue weighted by atomic mass is 10.1. The lowest BCUT2D eigenvalue weighted by Crippen LogP contribution is -2.36. The van der Waals surface area contributed by atoms with Gasteiger partial charge in [-0.1, -0.05) is 6.92 Å². The number of hydrogen-bond donors (Lipinski definition) is 3. The van der Waals surface area contributed by atoms with E-state index in [4.69, 9.17) is 4.74 Å². The van der Waals surface area contributed by atoms with Crippen molar-refractivity contribution in [3.05, 3.63) is 0 Å². The van der Waals surface area contributed by atoms with E-state index >= 15 is 0 Å². The normalized spacial score (nSPS) is 13.7. The summed E-state index contributed by atoms with van der Waals surface area (Å²) in [6, 6.07) is 0.241. The van der Waals surface area contributed by atoms with Crippen LogP contribution in [-0.2, 0) is 0 Å². The molecule has 3 N–H and O–H groups in total. The maximum atomic E-state index is 10.1. The first-order valence-corrected chi connectivity index (χ1v) is 7.89. The average Bonchev–Trinajstić information content (AvgIpc) is 2.43. The summed E-state index contributed by atoms with van der Waals surface area (Å²) in [5.74, 6) is 1.48. The first-order chi connectivity index (χ1) is 9.50. The highest BCUT2D eigenvalue weighted by molar-refractivity contribution is 7.98. The van der Waals surface area contributed by atoms with Crippen LogP contribution in [0, 0.1) is 0 Å². The van der Waals surface area contributed by atoms with Gasteiger partial charge in [0.1, 0.15) is 0 Å². The van der Waals surface area contributed by atoms with E-state index < -0.39 is 5.60 Å². The third-order valence-electron chi connectivity index (χ3n) is 2.41. The van der Waals surface area contributed by atoms with E-state index in [0.717, 1.165) is 13.0 Å². The van der Waals surface area contributed by atoms with E-state index in [1.807, 2.05) is 6.26 Å². The van der Waals surface area contributed by atoms with Crippen LogP contribution in [0.25, 0.3) is 0 Å². The van der Waals surface area contributed by atoms with Crippen molar-refractivity contribution < 1.29 is 9.84 Å². The molecule has 1 heterocycles. The Hall–Kier alpha value is -1.28. The molecule has 0 saturated carbocycles. The summed E-state index contributed by atoms with van der Waals surface area (Å²) in [5, 5.41) is 16.2. The van der Waals surface area contributed by atoms with Crippen LogP contribution in [-0.4, -0.2) is 57.9 Å². The predicted octanol–water partition coefficient (Wildman–Crippen LogP) is 1.23. The molecular formula is C12H23N5O2S. The number of aliphatic hydroxyl groups is 1. The van der Waals surface area contributed by atoms with Crippen LogP contribution < -0.4 is 15.4 Å². The van der Waals surface area contributed by atoms with Crippen LogP contribution in [0.5, 0.6) is 6.01 Å². The molecule has 8 heteroatoms. The number of nitrogens with one attached hydrogen (secondary N) is 2. The Morgan fingerprint density at radius 3 is 2.45 bits per heavy atom. The van der Waals surface area contributed by atoms with Crippen molar-refractivity contribution >= 4 is 23.7 Å². The summed E-state index contributed by atoms with van der Waals surface area (Å²) >= 11 is 1.59. The van der Waals surface area contributed by atoms with Gasteiger partial charge in [0.2, 0.25) is 11.9 Å². The van der Waals surface area contributed by atoms with Crippen molar-refractivity contribution in [3.63, 3.8) is 0 Å².